The molecule has 0 fully saturated rings. The molecule has 2 N–H and O–H groups in total. The number of nitrogens with zero attached hydrogens (tertiary/aromatic N) is 5. The van der Waals surface area contributed by atoms with Crippen LogP contribution in [0.3, 0.4) is 0 Å². The van der Waals surface area contributed by atoms with E-state index < -0.39 is 11.9 Å². The van der Waals surface area contributed by atoms with Crippen molar-refractivity contribution in [2.24, 2.45) is 0 Å². The molecule has 2 aromatic heterocycles. The molecule has 1 aromatic carbocycles. The first-order chi connectivity index (χ1) is 14.5. The molecule has 0 aliphatic carbocycles. The smallest absolute Gasteiger partial charge is 0.410 e. The number of anilines is 1. The minimum Gasteiger partial charge on any atom is -0.450 e. The molecule has 152 valence electrons. The lowest BCUT2D eigenvalue weighted by Crippen LogP contribution is -2.37. The highest BCUT2D eigenvalue weighted by Gasteiger charge is 2.29. The maximum atomic E-state index is 14.3. The van der Waals surface area contributed by atoms with Gasteiger partial charge in [0.25, 0.3) is 0 Å². The average Bonchev–Trinajstić information content (AvgIpc) is 3.27. The number of nitrogen functional groups attached to an aromatic ring is 1. The molecule has 0 saturated heterocycles. The van der Waals surface area contributed by atoms with E-state index in [-0.39, 0.29) is 24.5 Å². The minimum atomic E-state index is -0.466. The summed E-state index contributed by atoms with van der Waals surface area (Å²) in [5.74, 6) is -0.390. The molecule has 0 spiro atoms. The summed E-state index contributed by atoms with van der Waals surface area (Å²) in [5, 5.41) is 14.1. The summed E-state index contributed by atoms with van der Waals surface area (Å²) in [6.45, 7) is 2.59. The normalized spacial score (nSPS) is 12.9. The van der Waals surface area contributed by atoms with E-state index in [1.165, 1.54) is 12.1 Å². The van der Waals surface area contributed by atoms with E-state index >= 15 is 0 Å². The van der Waals surface area contributed by atoms with Crippen molar-refractivity contribution in [1.82, 2.24) is 19.7 Å². The third-order valence-corrected chi connectivity index (χ3v) is 5.00. The predicted octanol–water partition coefficient (Wildman–Crippen LogP) is 3.04. The molecule has 0 atom stereocenters. The summed E-state index contributed by atoms with van der Waals surface area (Å²) >= 11 is 0. The van der Waals surface area contributed by atoms with Gasteiger partial charge in [-0.15, -0.1) is 0 Å². The van der Waals surface area contributed by atoms with E-state index in [4.69, 9.17) is 10.5 Å². The van der Waals surface area contributed by atoms with Gasteiger partial charge in [-0.1, -0.05) is 0 Å². The number of fused-ring (bicyclic) bond motifs is 1. The van der Waals surface area contributed by atoms with Gasteiger partial charge >= 0.3 is 6.09 Å². The number of carbonyl (C=O) groups excluding carboxylic acids is 1. The molecule has 30 heavy (non-hydrogen) atoms. The van der Waals surface area contributed by atoms with E-state index in [1.807, 2.05) is 0 Å². The van der Waals surface area contributed by atoms with Crippen molar-refractivity contribution in [3.05, 3.63) is 59.3 Å². The Bertz CT molecular complexity index is 1150. The fourth-order valence-electron chi connectivity index (χ4n) is 3.68. The molecule has 3 heterocycles. The fourth-order valence-corrected chi connectivity index (χ4v) is 3.68. The zero-order valence-electron chi connectivity index (χ0n) is 16.3. The first kappa shape index (κ1) is 19.4. The maximum Gasteiger partial charge on any atom is 0.410 e. The van der Waals surface area contributed by atoms with Crippen LogP contribution in [0.1, 0.15) is 23.7 Å². The Morgan fingerprint density at radius 2 is 2.27 bits per heavy atom. The van der Waals surface area contributed by atoms with Crippen molar-refractivity contribution < 1.29 is 13.9 Å². The third kappa shape index (κ3) is 3.33. The number of aromatic nitrogens is 3. The van der Waals surface area contributed by atoms with Gasteiger partial charge in [0.1, 0.15) is 23.3 Å². The molecule has 0 radical (unpaired) electrons. The van der Waals surface area contributed by atoms with E-state index in [0.29, 0.717) is 41.0 Å². The number of nitriles is 1. The van der Waals surface area contributed by atoms with Crippen molar-refractivity contribution in [3.8, 4) is 22.9 Å². The zero-order chi connectivity index (χ0) is 21.3. The average molecular weight is 406 g/mol. The van der Waals surface area contributed by atoms with Gasteiger partial charge in [0.2, 0.25) is 0 Å². The van der Waals surface area contributed by atoms with Gasteiger partial charge in [-0.25, -0.2) is 18.9 Å². The number of benzene rings is 1. The van der Waals surface area contributed by atoms with Crippen LogP contribution >= 0.6 is 0 Å². The van der Waals surface area contributed by atoms with E-state index in [1.54, 1.807) is 41.0 Å². The van der Waals surface area contributed by atoms with Gasteiger partial charge in [0, 0.05) is 42.0 Å². The number of hydrogen-bond donors (Lipinski definition) is 1. The Kier molecular flexibility index (Phi) is 5.06. The molecular formula is C21H19FN6O2. The van der Waals surface area contributed by atoms with Crippen LogP contribution in [0.5, 0.6) is 0 Å². The van der Waals surface area contributed by atoms with Gasteiger partial charge < -0.3 is 15.4 Å². The minimum absolute atomic E-state index is 0.0755. The number of pyridine rings is 1. The molecular weight excluding hydrogens is 387 g/mol. The topological polar surface area (TPSA) is 110 Å². The second-order valence-electron chi connectivity index (χ2n) is 6.77. The molecule has 1 amide bonds. The number of carbonyl (C=O) groups is 1. The lowest BCUT2D eigenvalue weighted by Gasteiger charge is -2.30. The summed E-state index contributed by atoms with van der Waals surface area (Å²) < 4.78 is 21.0. The van der Waals surface area contributed by atoms with Crippen LogP contribution in [0.25, 0.3) is 16.8 Å². The fraction of sp³-hybridized carbons (Fsp3) is 0.238. The van der Waals surface area contributed by atoms with Crippen LogP contribution < -0.4 is 5.73 Å². The van der Waals surface area contributed by atoms with Crippen LogP contribution in [0.4, 0.5) is 15.0 Å². The van der Waals surface area contributed by atoms with Crippen molar-refractivity contribution >= 4 is 11.9 Å². The number of ether oxygens (including phenoxy) is 1. The number of halogens is 1. The molecule has 3 aromatic rings. The molecule has 0 saturated carbocycles. The first-order valence-corrected chi connectivity index (χ1v) is 9.46. The van der Waals surface area contributed by atoms with Crippen LogP contribution in [0.2, 0.25) is 0 Å². The summed E-state index contributed by atoms with van der Waals surface area (Å²) in [5.41, 5.74) is 9.05. The largest absolute Gasteiger partial charge is 0.450 e. The SMILES string of the molecule is CCOC(=O)N1CCc2nc(N)c(C#N)c(-c3cc(F)ccc3-n3cccn3)c2C1. The molecule has 1 aliphatic heterocycles. The third-order valence-electron chi connectivity index (χ3n) is 5.00. The van der Waals surface area contributed by atoms with Gasteiger partial charge in [-0.3, -0.25) is 0 Å². The Labute approximate surface area is 172 Å². The van der Waals surface area contributed by atoms with Crippen molar-refractivity contribution in [2.45, 2.75) is 19.9 Å². The van der Waals surface area contributed by atoms with Crippen LogP contribution in [-0.4, -0.2) is 38.9 Å². The molecule has 1 aliphatic rings. The van der Waals surface area contributed by atoms with Gasteiger partial charge in [0.15, 0.2) is 0 Å². The molecule has 9 heteroatoms. The molecule has 4 rings (SSSR count). The van der Waals surface area contributed by atoms with Crippen LogP contribution in [0.15, 0.2) is 36.7 Å². The van der Waals surface area contributed by atoms with E-state index in [9.17, 15) is 14.4 Å². The second-order valence-corrected chi connectivity index (χ2v) is 6.77. The zero-order valence-corrected chi connectivity index (χ0v) is 16.3. The monoisotopic (exact) mass is 406 g/mol. The number of nitrogens with two attached hydrogens (primary N) is 1. The standard InChI is InChI=1S/C21H19FN6O2/c1-2-30-21(29)27-9-6-17-16(12-27)19(15(11-23)20(24)26-17)14-10-13(22)4-5-18(14)28-8-3-7-25-28/h3-5,7-8,10H,2,6,9,12H2,1H3,(H2,24,26). The molecule has 0 bridgehead atoms. The van der Waals surface area contributed by atoms with Gasteiger partial charge in [0.05, 0.1) is 24.5 Å². The van der Waals surface area contributed by atoms with Gasteiger partial charge in [-0.2, -0.15) is 10.4 Å². The van der Waals surface area contributed by atoms with E-state index in [0.717, 1.165) is 0 Å². The molecule has 0 unspecified atom stereocenters. The summed E-state index contributed by atoms with van der Waals surface area (Å²) in [6, 6.07) is 8.11. The summed E-state index contributed by atoms with van der Waals surface area (Å²) in [7, 11) is 0. The highest BCUT2D eigenvalue weighted by Crippen LogP contribution is 2.38. The Morgan fingerprint density at radius 3 is 2.97 bits per heavy atom. The highest BCUT2D eigenvalue weighted by atomic mass is 19.1. The number of hydrogen-bond acceptors (Lipinski definition) is 6. The Morgan fingerprint density at radius 1 is 1.43 bits per heavy atom. The predicted molar refractivity (Wildman–Crippen MR) is 107 cm³/mol. The quantitative estimate of drug-likeness (QED) is 0.716. The number of amides is 1. The second kappa shape index (κ2) is 7.83. The van der Waals surface area contributed by atoms with Gasteiger partial charge in [-0.05, 0) is 31.2 Å². The Balaban J connectivity index is 1.96. The van der Waals surface area contributed by atoms with Crippen molar-refractivity contribution in [2.75, 3.05) is 18.9 Å². The maximum absolute atomic E-state index is 14.3. The lowest BCUT2D eigenvalue weighted by atomic mass is 9.90. The molecule has 8 nitrogen and oxygen atoms in total. The number of rotatable bonds is 3. The lowest BCUT2D eigenvalue weighted by molar-refractivity contribution is 0.102. The highest BCUT2D eigenvalue weighted by molar-refractivity contribution is 5.84. The van der Waals surface area contributed by atoms with Crippen LogP contribution in [-0.2, 0) is 17.7 Å². The first-order valence-electron chi connectivity index (χ1n) is 9.46. The van der Waals surface area contributed by atoms with Crippen molar-refractivity contribution in [1.29, 1.82) is 5.26 Å². The summed E-state index contributed by atoms with van der Waals surface area (Å²) in [4.78, 5) is 18.2. The van der Waals surface area contributed by atoms with Crippen molar-refractivity contribution in [3.63, 3.8) is 0 Å². The Hall–Kier alpha value is -3.93. The van der Waals surface area contributed by atoms with Crippen LogP contribution in [0, 0.1) is 17.1 Å². The summed E-state index contributed by atoms with van der Waals surface area (Å²) in [6.07, 6.45) is 3.33. The van der Waals surface area contributed by atoms with E-state index in [2.05, 4.69) is 16.2 Å².